The number of ether oxygens (including phenoxy) is 1. The van der Waals surface area contributed by atoms with Gasteiger partial charge in [0.25, 0.3) is 6.43 Å². The molecule has 94 valence electrons. The van der Waals surface area contributed by atoms with Gasteiger partial charge in [0.15, 0.2) is 5.78 Å². The molecule has 0 saturated carbocycles. The van der Waals surface area contributed by atoms with Gasteiger partial charge in [-0.3, -0.25) is 4.79 Å². The van der Waals surface area contributed by atoms with Crippen molar-refractivity contribution in [1.29, 1.82) is 0 Å². The van der Waals surface area contributed by atoms with Crippen molar-refractivity contribution in [2.75, 3.05) is 13.2 Å². The van der Waals surface area contributed by atoms with Gasteiger partial charge < -0.3 is 4.74 Å². The Morgan fingerprint density at radius 1 is 1.29 bits per heavy atom. The number of Topliss-reactive ketones (excluding diaryl/α,β-unsaturated/α-hetero) is 1. The molecule has 0 aliphatic rings. The smallest absolute Gasteiger partial charge is 0.261 e. The molecule has 0 radical (unpaired) electrons. The van der Waals surface area contributed by atoms with Gasteiger partial charge in [0.05, 0.1) is 12.2 Å². The molecule has 6 heteroatoms. The number of halogens is 4. The third kappa shape index (κ3) is 4.52. The van der Waals surface area contributed by atoms with Crippen LogP contribution in [-0.4, -0.2) is 25.4 Å². The van der Waals surface area contributed by atoms with E-state index in [2.05, 4.69) is 4.74 Å². The van der Waals surface area contributed by atoms with E-state index in [1.165, 1.54) is 0 Å². The zero-order valence-corrected chi connectivity index (χ0v) is 8.76. The van der Waals surface area contributed by atoms with E-state index in [1.54, 1.807) is 0 Å². The summed E-state index contributed by atoms with van der Waals surface area (Å²) >= 11 is 0. The zero-order chi connectivity index (χ0) is 12.8. The largest absolute Gasteiger partial charge is 0.375 e. The normalized spacial score (nSPS) is 10.9. The van der Waals surface area contributed by atoms with Crippen LogP contribution in [0.5, 0.6) is 0 Å². The molecule has 1 aromatic rings. The van der Waals surface area contributed by atoms with Crippen molar-refractivity contribution in [3.8, 4) is 0 Å². The molecular weight excluding hydrogens is 240 g/mol. The van der Waals surface area contributed by atoms with Gasteiger partial charge in [-0.25, -0.2) is 17.6 Å². The van der Waals surface area contributed by atoms with E-state index in [0.29, 0.717) is 6.07 Å². The first-order chi connectivity index (χ1) is 8.00. The highest BCUT2D eigenvalue weighted by atomic mass is 19.3. The van der Waals surface area contributed by atoms with Crippen LogP contribution >= 0.6 is 0 Å². The number of rotatable bonds is 6. The van der Waals surface area contributed by atoms with Crippen molar-refractivity contribution in [1.82, 2.24) is 0 Å². The third-order valence-corrected chi connectivity index (χ3v) is 1.95. The van der Waals surface area contributed by atoms with Crippen LogP contribution < -0.4 is 0 Å². The molecule has 0 N–H and O–H groups in total. The van der Waals surface area contributed by atoms with E-state index in [1.807, 2.05) is 0 Å². The van der Waals surface area contributed by atoms with Crippen LogP contribution in [0.25, 0.3) is 0 Å². The van der Waals surface area contributed by atoms with Crippen molar-refractivity contribution in [3.63, 3.8) is 0 Å². The summed E-state index contributed by atoms with van der Waals surface area (Å²) in [5.41, 5.74) is -0.271. The molecule has 0 spiro atoms. The molecule has 0 unspecified atom stereocenters. The molecule has 1 aromatic carbocycles. The number of carbonyl (C=O) groups excluding carboxylic acids is 1. The average Bonchev–Trinajstić information content (AvgIpc) is 2.23. The maximum Gasteiger partial charge on any atom is 0.261 e. The summed E-state index contributed by atoms with van der Waals surface area (Å²) in [5.74, 6) is -2.37. The molecule has 0 aliphatic heterocycles. The lowest BCUT2D eigenvalue weighted by atomic mass is 10.1. The Labute approximate surface area is 95.2 Å². The van der Waals surface area contributed by atoms with Crippen molar-refractivity contribution < 1.29 is 27.1 Å². The Morgan fingerprint density at radius 3 is 2.59 bits per heavy atom. The Kier molecular flexibility index (Phi) is 5.09. The molecule has 0 aliphatic carbocycles. The van der Waals surface area contributed by atoms with Gasteiger partial charge in [-0.2, -0.15) is 0 Å². The second-order valence-corrected chi connectivity index (χ2v) is 3.26. The van der Waals surface area contributed by atoms with Gasteiger partial charge in [-0.1, -0.05) is 0 Å². The van der Waals surface area contributed by atoms with Gasteiger partial charge >= 0.3 is 0 Å². The van der Waals surface area contributed by atoms with Gasteiger partial charge in [-0.05, 0) is 12.1 Å². The van der Waals surface area contributed by atoms with Crippen LogP contribution in [0.1, 0.15) is 16.8 Å². The fourth-order valence-electron chi connectivity index (χ4n) is 1.19. The summed E-state index contributed by atoms with van der Waals surface area (Å²) in [5, 5.41) is 0. The zero-order valence-electron chi connectivity index (χ0n) is 8.76. The fraction of sp³-hybridized carbons (Fsp3) is 0.364. The second kappa shape index (κ2) is 6.34. The number of benzene rings is 1. The molecule has 0 aromatic heterocycles. The molecule has 1 rings (SSSR count). The minimum absolute atomic E-state index is 0.222. The number of alkyl halides is 2. The summed E-state index contributed by atoms with van der Waals surface area (Å²) in [6, 6.07) is 2.56. The van der Waals surface area contributed by atoms with E-state index >= 15 is 0 Å². The van der Waals surface area contributed by atoms with Crippen molar-refractivity contribution in [3.05, 3.63) is 35.4 Å². The van der Waals surface area contributed by atoms with Gasteiger partial charge in [0.2, 0.25) is 0 Å². The highest BCUT2D eigenvalue weighted by Crippen LogP contribution is 2.11. The van der Waals surface area contributed by atoms with Crippen LogP contribution in [-0.2, 0) is 4.74 Å². The lowest BCUT2D eigenvalue weighted by molar-refractivity contribution is 0.0169. The summed E-state index contributed by atoms with van der Waals surface area (Å²) in [6.45, 7) is -0.987. The Hall–Kier alpha value is -1.43. The lowest BCUT2D eigenvalue weighted by Gasteiger charge is -2.04. The molecule has 0 saturated heterocycles. The average molecular weight is 250 g/mol. The summed E-state index contributed by atoms with van der Waals surface area (Å²) in [7, 11) is 0. The van der Waals surface area contributed by atoms with Crippen molar-refractivity contribution in [2.24, 2.45) is 0 Å². The molecular formula is C11H10F4O2. The Balaban J connectivity index is 2.47. The van der Waals surface area contributed by atoms with Crippen LogP contribution in [0.2, 0.25) is 0 Å². The number of hydrogen-bond donors (Lipinski definition) is 0. The Morgan fingerprint density at radius 2 is 2.00 bits per heavy atom. The summed E-state index contributed by atoms with van der Waals surface area (Å²) in [4.78, 5) is 11.4. The maximum atomic E-state index is 13.1. The molecule has 0 bridgehead atoms. The minimum atomic E-state index is -2.60. The quantitative estimate of drug-likeness (QED) is 0.441. The van der Waals surface area contributed by atoms with E-state index < -0.39 is 30.5 Å². The topological polar surface area (TPSA) is 26.3 Å². The molecule has 0 amide bonds. The predicted molar refractivity (Wildman–Crippen MR) is 52.1 cm³/mol. The molecule has 0 atom stereocenters. The first kappa shape index (κ1) is 13.6. The van der Waals surface area contributed by atoms with Crippen molar-refractivity contribution >= 4 is 5.78 Å². The molecule has 17 heavy (non-hydrogen) atoms. The third-order valence-electron chi connectivity index (χ3n) is 1.95. The van der Waals surface area contributed by atoms with Crippen LogP contribution in [0.3, 0.4) is 0 Å². The molecule has 0 heterocycles. The van der Waals surface area contributed by atoms with Crippen LogP contribution in [0.15, 0.2) is 18.2 Å². The number of carbonyl (C=O) groups is 1. The Bertz CT molecular complexity index is 393. The first-order valence-corrected chi connectivity index (χ1v) is 4.85. The maximum absolute atomic E-state index is 13.1. The SMILES string of the molecule is O=C(CCOCC(F)F)c1ccc(F)cc1F. The summed E-state index contributed by atoms with van der Waals surface area (Å²) < 4.78 is 53.5. The van der Waals surface area contributed by atoms with E-state index in [9.17, 15) is 22.4 Å². The molecule has 0 fully saturated rings. The van der Waals surface area contributed by atoms with Gasteiger partial charge in [0, 0.05) is 12.5 Å². The van der Waals surface area contributed by atoms with Gasteiger partial charge in [-0.15, -0.1) is 0 Å². The predicted octanol–water partition coefficient (Wildman–Crippen LogP) is 2.82. The highest BCUT2D eigenvalue weighted by Gasteiger charge is 2.12. The summed E-state index contributed by atoms with van der Waals surface area (Å²) in [6.07, 6.45) is -2.83. The standard InChI is InChI=1S/C11H10F4O2/c12-7-1-2-8(9(13)5-7)10(16)3-4-17-6-11(14)15/h1-2,5,11H,3-4,6H2. The molecule has 2 nitrogen and oxygen atoms in total. The lowest BCUT2D eigenvalue weighted by Crippen LogP contribution is -2.10. The minimum Gasteiger partial charge on any atom is -0.375 e. The highest BCUT2D eigenvalue weighted by molar-refractivity contribution is 5.96. The van der Waals surface area contributed by atoms with E-state index in [-0.39, 0.29) is 18.6 Å². The number of hydrogen-bond acceptors (Lipinski definition) is 2. The first-order valence-electron chi connectivity index (χ1n) is 4.85. The number of ketones is 1. The van der Waals surface area contributed by atoms with Crippen LogP contribution in [0, 0.1) is 11.6 Å². The van der Waals surface area contributed by atoms with Crippen molar-refractivity contribution in [2.45, 2.75) is 12.8 Å². The second-order valence-electron chi connectivity index (χ2n) is 3.26. The fourth-order valence-corrected chi connectivity index (χ4v) is 1.19. The van der Waals surface area contributed by atoms with Crippen LogP contribution in [0.4, 0.5) is 17.6 Å². The van der Waals surface area contributed by atoms with E-state index in [4.69, 9.17) is 0 Å². The van der Waals surface area contributed by atoms with Gasteiger partial charge in [0.1, 0.15) is 18.2 Å². The van der Waals surface area contributed by atoms with E-state index in [0.717, 1.165) is 12.1 Å². The monoisotopic (exact) mass is 250 g/mol.